The van der Waals surface area contributed by atoms with Gasteiger partial charge >= 0.3 is 0 Å². The van der Waals surface area contributed by atoms with Crippen LogP contribution in [0.15, 0.2) is 53.4 Å². The molecular weight excluding hydrogens is 344 g/mol. The van der Waals surface area contributed by atoms with Crippen molar-refractivity contribution in [2.75, 3.05) is 0 Å². The van der Waals surface area contributed by atoms with Crippen LogP contribution in [0.3, 0.4) is 0 Å². The third-order valence-electron chi connectivity index (χ3n) is 4.90. The van der Waals surface area contributed by atoms with E-state index in [-0.39, 0.29) is 11.7 Å². The fourth-order valence-corrected chi connectivity index (χ4v) is 3.79. The van der Waals surface area contributed by atoms with Crippen molar-refractivity contribution >= 4 is 17.1 Å². The number of nitrogens with zero attached hydrogens (tertiary/aromatic N) is 4. The molecule has 0 saturated heterocycles. The van der Waals surface area contributed by atoms with Crippen molar-refractivity contribution in [1.29, 1.82) is 5.26 Å². The maximum atomic E-state index is 12.7. The smallest absolute Gasteiger partial charge is 0.164 e. The molecule has 26 heavy (non-hydrogen) atoms. The van der Waals surface area contributed by atoms with Crippen molar-refractivity contribution in [2.45, 2.75) is 37.1 Å². The first-order valence-electron chi connectivity index (χ1n) is 8.63. The summed E-state index contributed by atoms with van der Waals surface area (Å²) < 4.78 is 1.68. The third-order valence-corrected chi connectivity index (χ3v) is 5.58. The minimum absolute atomic E-state index is 0.0620. The van der Waals surface area contributed by atoms with Crippen molar-refractivity contribution < 1.29 is 4.79 Å². The standard InChI is InChI=1S/C20H18N4OS/c21-14-20(7-8-20)24-12-18(22-23-24)17(10-15-4-2-1-3-5-15)11-19(25)16-6-9-26-13-16/h1-6,9,12-13,17H,7-8,10-11H2/t17-/m1/s1. The molecule has 0 unspecified atom stereocenters. The van der Waals surface area contributed by atoms with Crippen LogP contribution in [-0.2, 0) is 12.0 Å². The fourth-order valence-electron chi connectivity index (χ4n) is 3.13. The van der Waals surface area contributed by atoms with Crippen molar-refractivity contribution in [3.63, 3.8) is 0 Å². The van der Waals surface area contributed by atoms with Crippen molar-refractivity contribution in [3.8, 4) is 6.07 Å². The van der Waals surface area contributed by atoms with Crippen molar-refractivity contribution in [3.05, 3.63) is 70.2 Å². The molecule has 0 amide bonds. The highest BCUT2D eigenvalue weighted by molar-refractivity contribution is 7.08. The lowest BCUT2D eigenvalue weighted by Gasteiger charge is -2.13. The summed E-state index contributed by atoms with van der Waals surface area (Å²) in [5, 5.41) is 21.7. The summed E-state index contributed by atoms with van der Waals surface area (Å²) in [5.74, 6) is 0.0520. The van der Waals surface area contributed by atoms with Gasteiger partial charge in [0.25, 0.3) is 0 Å². The monoisotopic (exact) mass is 362 g/mol. The third kappa shape index (κ3) is 3.31. The van der Waals surface area contributed by atoms with Crippen LogP contribution in [0, 0.1) is 11.3 Å². The highest BCUT2D eigenvalue weighted by Crippen LogP contribution is 2.42. The Balaban J connectivity index is 1.60. The maximum absolute atomic E-state index is 12.7. The van der Waals surface area contributed by atoms with Gasteiger partial charge in [0.05, 0.1) is 18.0 Å². The topological polar surface area (TPSA) is 71.6 Å². The van der Waals surface area contributed by atoms with E-state index in [1.807, 2.05) is 41.2 Å². The molecule has 2 heterocycles. The molecule has 6 heteroatoms. The van der Waals surface area contributed by atoms with E-state index in [0.717, 1.165) is 36.1 Å². The number of nitriles is 1. The second-order valence-corrected chi connectivity index (χ2v) is 7.54. The molecule has 130 valence electrons. The van der Waals surface area contributed by atoms with Crippen LogP contribution in [0.5, 0.6) is 0 Å². The Morgan fingerprint density at radius 2 is 2.12 bits per heavy atom. The first kappa shape index (κ1) is 16.7. The van der Waals surface area contributed by atoms with Crippen LogP contribution in [0.4, 0.5) is 0 Å². The molecule has 0 radical (unpaired) electrons. The molecule has 1 saturated carbocycles. The van der Waals surface area contributed by atoms with Gasteiger partial charge in [-0.25, -0.2) is 4.68 Å². The van der Waals surface area contributed by atoms with Gasteiger partial charge < -0.3 is 0 Å². The highest BCUT2D eigenvalue weighted by Gasteiger charge is 2.46. The lowest BCUT2D eigenvalue weighted by molar-refractivity contribution is 0.0973. The van der Waals surface area contributed by atoms with Gasteiger partial charge in [0.2, 0.25) is 0 Å². The zero-order valence-corrected chi connectivity index (χ0v) is 15.0. The van der Waals surface area contributed by atoms with E-state index in [4.69, 9.17) is 0 Å². The van der Waals surface area contributed by atoms with Crippen LogP contribution in [0.25, 0.3) is 0 Å². The zero-order valence-electron chi connectivity index (χ0n) is 14.2. The summed E-state index contributed by atoms with van der Waals surface area (Å²) in [4.78, 5) is 12.7. The van der Waals surface area contributed by atoms with E-state index < -0.39 is 5.54 Å². The minimum Gasteiger partial charge on any atom is -0.294 e. The number of hydrogen-bond donors (Lipinski definition) is 0. The molecular formula is C20H18N4OS. The van der Waals surface area contributed by atoms with Gasteiger partial charge in [0.1, 0.15) is 0 Å². The van der Waals surface area contributed by atoms with Crippen LogP contribution < -0.4 is 0 Å². The first-order chi connectivity index (χ1) is 12.7. The second kappa shape index (κ2) is 6.85. The first-order valence-corrected chi connectivity index (χ1v) is 9.58. The molecule has 3 aromatic rings. The quantitative estimate of drug-likeness (QED) is 0.597. The van der Waals surface area contributed by atoms with E-state index in [0.29, 0.717) is 6.42 Å². The Labute approximate surface area is 155 Å². The molecule has 1 aromatic carbocycles. The Morgan fingerprint density at radius 1 is 1.31 bits per heavy atom. The summed E-state index contributed by atoms with van der Waals surface area (Å²) in [7, 11) is 0. The number of hydrogen-bond acceptors (Lipinski definition) is 5. The molecule has 0 spiro atoms. The molecule has 4 rings (SSSR count). The number of carbonyl (C=O) groups excluding carboxylic acids is 1. The van der Waals surface area contributed by atoms with Gasteiger partial charge in [-0.2, -0.15) is 16.6 Å². The summed E-state index contributed by atoms with van der Waals surface area (Å²) in [5.41, 5.74) is 2.15. The van der Waals surface area contributed by atoms with Crippen molar-refractivity contribution in [2.24, 2.45) is 0 Å². The van der Waals surface area contributed by atoms with Gasteiger partial charge in [-0.15, -0.1) is 5.10 Å². The van der Waals surface area contributed by atoms with Gasteiger partial charge in [-0.3, -0.25) is 4.79 Å². The zero-order chi connectivity index (χ0) is 18.0. The number of carbonyl (C=O) groups is 1. The lowest BCUT2D eigenvalue weighted by atomic mass is 9.90. The lowest BCUT2D eigenvalue weighted by Crippen LogP contribution is -2.15. The molecule has 0 N–H and O–H groups in total. The molecule has 1 aliphatic rings. The van der Waals surface area contributed by atoms with E-state index >= 15 is 0 Å². The number of rotatable bonds is 7. The molecule has 1 aliphatic carbocycles. The SMILES string of the molecule is N#CC1(n2cc([C@@H](CC(=O)c3ccsc3)Cc3ccccc3)nn2)CC1. The fraction of sp³-hybridized carbons (Fsp3) is 0.300. The average Bonchev–Trinajstić information content (AvgIpc) is 3.08. The predicted octanol–water partition coefficient (Wildman–Crippen LogP) is 3.95. The minimum atomic E-state index is -0.528. The van der Waals surface area contributed by atoms with Crippen molar-refractivity contribution in [1.82, 2.24) is 15.0 Å². The summed E-state index contributed by atoms with van der Waals surface area (Å²) in [6.45, 7) is 0. The van der Waals surface area contributed by atoms with E-state index in [2.05, 4.69) is 28.5 Å². The Kier molecular flexibility index (Phi) is 4.39. The molecule has 5 nitrogen and oxygen atoms in total. The number of aromatic nitrogens is 3. The predicted molar refractivity (Wildman–Crippen MR) is 99.0 cm³/mol. The van der Waals surface area contributed by atoms with E-state index in [1.54, 1.807) is 4.68 Å². The van der Waals surface area contributed by atoms with Crippen LogP contribution in [0.2, 0.25) is 0 Å². The van der Waals surface area contributed by atoms with Gasteiger partial charge in [-0.05, 0) is 36.3 Å². The molecule has 1 fully saturated rings. The summed E-state index contributed by atoms with van der Waals surface area (Å²) in [6.07, 6.45) is 4.57. The maximum Gasteiger partial charge on any atom is 0.164 e. The molecule has 0 bridgehead atoms. The average molecular weight is 362 g/mol. The number of ketones is 1. The molecule has 2 aromatic heterocycles. The van der Waals surface area contributed by atoms with Gasteiger partial charge in [0.15, 0.2) is 11.3 Å². The van der Waals surface area contributed by atoms with E-state index in [1.165, 1.54) is 11.3 Å². The van der Waals surface area contributed by atoms with Gasteiger partial charge in [-0.1, -0.05) is 35.5 Å². The van der Waals surface area contributed by atoms with Crippen LogP contribution in [-0.4, -0.2) is 20.8 Å². The summed E-state index contributed by atoms with van der Waals surface area (Å²) in [6, 6.07) is 14.3. The molecule has 1 atom stereocenters. The van der Waals surface area contributed by atoms with Crippen LogP contribution >= 0.6 is 11.3 Å². The van der Waals surface area contributed by atoms with E-state index in [9.17, 15) is 10.1 Å². The van der Waals surface area contributed by atoms with Crippen LogP contribution in [0.1, 0.15) is 46.8 Å². The normalized spacial score (nSPS) is 16.0. The Hall–Kier alpha value is -2.78. The largest absolute Gasteiger partial charge is 0.294 e. The molecule has 0 aliphatic heterocycles. The number of benzene rings is 1. The summed E-state index contributed by atoms with van der Waals surface area (Å²) >= 11 is 1.52. The highest BCUT2D eigenvalue weighted by atomic mass is 32.1. The van der Waals surface area contributed by atoms with Gasteiger partial charge in [0, 0.05) is 23.3 Å². The Morgan fingerprint density at radius 3 is 2.77 bits per heavy atom. The number of Topliss-reactive ketones (excluding diaryl/α,β-unsaturated/α-hetero) is 1. The second-order valence-electron chi connectivity index (χ2n) is 6.76. The number of thiophene rings is 1. The Bertz CT molecular complexity index is 936.